The van der Waals surface area contributed by atoms with Crippen LogP contribution >= 0.6 is 0 Å². The van der Waals surface area contributed by atoms with Crippen LogP contribution in [-0.4, -0.2) is 15.0 Å². The SMILES string of the molecule is Cc1nccc(-c2cc(F)ccn2)n1. The van der Waals surface area contributed by atoms with Crippen LogP contribution in [-0.2, 0) is 0 Å². The molecule has 0 atom stereocenters. The Kier molecular flexibility index (Phi) is 2.18. The van der Waals surface area contributed by atoms with Crippen LogP contribution in [0.4, 0.5) is 4.39 Å². The molecule has 2 aromatic heterocycles. The molecular formula is C10H8FN3. The van der Waals surface area contributed by atoms with Gasteiger partial charge in [-0.1, -0.05) is 0 Å². The van der Waals surface area contributed by atoms with Crippen molar-refractivity contribution in [3.63, 3.8) is 0 Å². The highest BCUT2D eigenvalue weighted by atomic mass is 19.1. The third-order valence-electron chi connectivity index (χ3n) is 1.76. The van der Waals surface area contributed by atoms with Crippen LogP contribution in [0.2, 0.25) is 0 Å². The Hall–Kier alpha value is -1.84. The lowest BCUT2D eigenvalue weighted by Crippen LogP contribution is -1.92. The van der Waals surface area contributed by atoms with Gasteiger partial charge in [-0.05, 0) is 19.1 Å². The lowest BCUT2D eigenvalue weighted by atomic mass is 10.2. The lowest BCUT2D eigenvalue weighted by molar-refractivity contribution is 0.626. The van der Waals surface area contributed by atoms with E-state index in [0.717, 1.165) is 0 Å². The number of hydrogen-bond acceptors (Lipinski definition) is 3. The van der Waals surface area contributed by atoms with Crippen LogP contribution in [0, 0.1) is 12.7 Å². The first-order valence-electron chi connectivity index (χ1n) is 4.17. The number of halogens is 1. The third-order valence-corrected chi connectivity index (χ3v) is 1.76. The molecule has 0 spiro atoms. The van der Waals surface area contributed by atoms with Crippen molar-refractivity contribution < 1.29 is 4.39 Å². The highest BCUT2D eigenvalue weighted by Crippen LogP contribution is 2.13. The maximum atomic E-state index is 12.9. The summed E-state index contributed by atoms with van der Waals surface area (Å²) >= 11 is 0. The minimum Gasteiger partial charge on any atom is -0.254 e. The van der Waals surface area contributed by atoms with Crippen molar-refractivity contribution in [2.75, 3.05) is 0 Å². The standard InChI is InChI=1S/C10H8FN3/c1-7-12-5-3-9(14-7)10-6-8(11)2-4-13-10/h2-6H,1H3. The first-order valence-corrected chi connectivity index (χ1v) is 4.17. The summed E-state index contributed by atoms with van der Waals surface area (Å²) in [6.07, 6.45) is 3.05. The minimum absolute atomic E-state index is 0.314. The first-order chi connectivity index (χ1) is 6.75. The van der Waals surface area contributed by atoms with Gasteiger partial charge >= 0.3 is 0 Å². The van der Waals surface area contributed by atoms with Gasteiger partial charge in [-0.15, -0.1) is 0 Å². The van der Waals surface area contributed by atoms with Gasteiger partial charge in [-0.3, -0.25) is 4.98 Å². The summed E-state index contributed by atoms with van der Waals surface area (Å²) in [5.41, 5.74) is 1.16. The van der Waals surface area contributed by atoms with E-state index in [1.807, 2.05) is 0 Å². The van der Waals surface area contributed by atoms with Gasteiger partial charge in [0.2, 0.25) is 0 Å². The number of rotatable bonds is 1. The molecule has 0 N–H and O–H groups in total. The number of hydrogen-bond donors (Lipinski definition) is 0. The highest BCUT2D eigenvalue weighted by molar-refractivity contribution is 5.52. The summed E-state index contributed by atoms with van der Waals surface area (Å²) in [5, 5.41) is 0. The van der Waals surface area contributed by atoms with Gasteiger partial charge in [0.15, 0.2) is 0 Å². The summed E-state index contributed by atoms with van der Waals surface area (Å²) in [6, 6.07) is 4.36. The Morgan fingerprint density at radius 3 is 2.57 bits per heavy atom. The molecule has 0 radical (unpaired) electrons. The smallest absolute Gasteiger partial charge is 0.126 e. The Morgan fingerprint density at radius 1 is 1.07 bits per heavy atom. The predicted molar refractivity (Wildman–Crippen MR) is 50.0 cm³/mol. The van der Waals surface area contributed by atoms with Crippen molar-refractivity contribution in [1.29, 1.82) is 0 Å². The molecule has 0 unspecified atom stereocenters. The molecule has 3 nitrogen and oxygen atoms in total. The molecule has 0 amide bonds. The lowest BCUT2D eigenvalue weighted by Gasteiger charge is -1.99. The van der Waals surface area contributed by atoms with Crippen LogP contribution in [0.5, 0.6) is 0 Å². The molecule has 0 fully saturated rings. The maximum absolute atomic E-state index is 12.9. The van der Waals surface area contributed by atoms with Crippen LogP contribution < -0.4 is 0 Å². The molecular weight excluding hydrogens is 181 g/mol. The van der Waals surface area contributed by atoms with Crippen LogP contribution in [0.15, 0.2) is 30.6 Å². The molecule has 0 bridgehead atoms. The second-order valence-electron chi connectivity index (χ2n) is 2.85. The Balaban J connectivity index is 2.49. The fourth-order valence-electron chi connectivity index (χ4n) is 1.14. The van der Waals surface area contributed by atoms with Crippen LogP contribution in [0.25, 0.3) is 11.4 Å². The zero-order valence-electron chi connectivity index (χ0n) is 7.61. The molecule has 0 aliphatic heterocycles. The van der Waals surface area contributed by atoms with Crippen molar-refractivity contribution in [2.24, 2.45) is 0 Å². The molecule has 0 aliphatic rings. The topological polar surface area (TPSA) is 38.7 Å². The van der Waals surface area contributed by atoms with E-state index in [2.05, 4.69) is 15.0 Å². The predicted octanol–water partition coefficient (Wildman–Crippen LogP) is 1.99. The van der Waals surface area contributed by atoms with E-state index in [9.17, 15) is 4.39 Å². The minimum atomic E-state index is -0.314. The monoisotopic (exact) mass is 189 g/mol. The maximum Gasteiger partial charge on any atom is 0.126 e. The van der Waals surface area contributed by atoms with Gasteiger partial charge < -0.3 is 0 Å². The van der Waals surface area contributed by atoms with Crippen molar-refractivity contribution in [2.45, 2.75) is 6.92 Å². The number of pyridine rings is 1. The van der Waals surface area contributed by atoms with Crippen LogP contribution in [0.1, 0.15) is 5.82 Å². The normalized spacial score (nSPS) is 10.1. The van der Waals surface area contributed by atoms with Gasteiger partial charge in [0.1, 0.15) is 11.6 Å². The number of aryl methyl sites for hydroxylation is 1. The first kappa shape index (κ1) is 8.74. The average Bonchev–Trinajstić information content (AvgIpc) is 2.18. The zero-order chi connectivity index (χ0) is 9.97. The van der Waals surface area contributed by atoms with Crippen molar-refractivity contribution >= 4 is 0 Å². The summed E-state index contributed by atoms with van der Waals surface area (Å²) in [6.45, 7) is 1.78. The second kappa shape index (κ2) is 3.49. The van der Waals surface area contributed by atoms with E-state index in [0.29, 0.717) is 17.2 Å². The molecule has 0 saturated heterocycles. The van der Waals surface area contributed by atoms with Gasteiger partial charge in [0.05, 0.1) is 11.4 Å². The molecule has 70 valence electrons. The van der Waals surface area contributed by atoms with E-state index >= 15 is 0 Å². The largest absolute Gasteiger partial charge is 0.254 e. The van der Waals surface area contributed by atoms with Crippen molar-refractivity contribution in [3.8, 4) is 11.4 Å². The van der Waals surface area contributed by atoms with E-state index in [4.69, 9.17) is 0 Å². The van der Waals surface area contributed by atoms with E-state index in [-0.39, 0.29) is 5.82 Å². The fourth-order valence-corrected chi connectivity index (χ4v) is 1.14. The summed E-state index contributed by atoms with van der Waals surface area (Å²) in [7, 11) is 0. The molecule has 2 aromatic rings. The zero-order valence-corrected chi connectivity index (χ0v) is 7.61. The number of nitrogens with zero attached hydrogens (tertiary/aromatic N) is 3. The fraction of sp³-hybridized carbons (Fsp3) is 0.100. The van der Waals surface area contributed by atoms with E-state index < -0.39 is 0 Å². The van der Waals surface area contributed by atoms with Gasteiger partial charge in [-0.2, -0.15) is 0 Å². The quantitative estimate of drug-likeness (QED) is 0.688. The van der Waals surface area contributed by atoms with Gasteiger partial charge in [0.25, 0.3) is 0 Å². The third kappa shape index (κ3) is 1.74. The number of aromatic nitrogens is 3. The average molecular weight is 189 g/mol. The summed E-state index contributed by atoms with van der Waals surface area (Å²) in [4.78, 5) is 12.1. The summed E-state index contributed by atoms with van der Waals surface area (Å²) < 4.78 is 12.9. The molecule has 0 aromatic carbocycles. The van der Waals surface area contributed by atoms with Crippen molar-refractivity contribution in [1.82, 2.24) is 15.0 Å². The molecule has 2 rings (SSSR count). The van der Waals surface area contributed by atoms with E-state index in [1.165, 1.54) is 18.3 Å². The molecule has 4 heteroatoms. The Morgan fingerprint density at radius 2 is 1.86 bits per heavy atom. The Labute approximate surface area is 80.7 Å². The molecule has 14 heavy (non-hydrogen) atoms. The summed E-state index contributed by atoms with van der Waals surface area (Å²) in [5.74, 6) is 0.333. The van der Waals surface area contributed by atoms with E-state index in [1.54, 1.807) is 19.2 Å². The molecule has 2 heterocycles. The Bertz CT molecular complexity index is 413. The highest BCUT2D eigenvalue weighted by Gasteiger charge is 2.02. The van der Waals surface area contributed by atoms with Crippen molar-refractivity contribution in [3.05, 3.63) is 42.2 Å². The molecule has 0 aliphatic carbocycles. The van der Waals surface area contributed by atoms with Crippen LogP contribution in [0.3, 0.4) is 0 Å². The second-order valence-corrected chi connectivity index (χ2v) is 2.85. The van der Waals surface area contributed by atoms with Gasteiger partial charge in [-0.25, -0.2) is 14.4 Å². The van der Waals surface area contributed by atoms with Gasteiger partial charge in [0, 0.05) is 18.5 Å². The molecule has 0 saturated carbocycles.